The maximum atomic E-state index is 5.98. The molecular formula is C10H15Cl2NTi. The van der Waals surface area contributed by atoms with Crippen LogP contribution in [0.15, 0.2) is 3.42 Å². The van der Waals surface area contributed by atoms with Crippen molar-refractivity contribution in [3.63, 3.8) is 0 Å². The molecule has 4 heteroatoms. The fraction of sp³-hybridized carbons (Fsp3) is 1.00. The first-order valence-corrected chi connectivity index (χ1v) is 10.6. The Balaban J connectivity index is 1.91. The molecule has 4 bridgehead atoms. The van der Waals surface area contributed by atoms with Gasteiger partial charge in [0.25, 0.3) is 0 Å². The van der Waals surface area contributed by atoms with Gasteiger partial charge in [-0.25, -0.2) is 0 Å². The number of nitrogens with zero attached hydrogens (tertiary/aromatic N) is 1. The van der Waals surface area contributed by atoms with Crippen LogP contribution >= 0.6 is 18.6 Å². The average molecular weight is 268 g/mol. The molecule has 0 atom stereocenters. The predicted molar refractivity (Wildman–Crippen MR) is 55.0 cm³/mol. The minimum atomic E-state index is -2.01. The van der Waals surface area contributed by atoms with Gasteiger partial charge < -0.3 is 0 Å². The van der Waals surface area contributed by atoms with Crippen LogP contribution in [0.25, 0.3) is 0 Å². The molecule has 0 N–H and O–H groups in total. The van der Waals surface area contributed by atoms with E-state index < -0.39 is 15.6 Å². The molecule has 0 saturated heterocycles. The standard InChI is InChI=1S/C10H15N.2ClH.Ti/c11-10-4-7-1-8(5-10)3-9(2-7)6-10;;;/h7-9H,1-6H2;2*1H;/q;;;+2/p-2. The van der Waals surface area contributed by atoms with E-state index in [4.69, 9.17) is 22.0 Å². The molecule has 0 heterocycles. The predicted octanol–water partition coefficient (Wildman–Crippen LogP) is 4.06. The van der Waals surface area contributed by atoms with E-state index in [1.165, 1.54) is 38.5 Å². The maximum absolute atomic E-state index is 5.98. The number of rotatable bonds is 1. The van der Waals surface area contributed by atoms with Crippen molar-refractivity contribution in [3.05, 3.63) is 0 Å². The van der Waals surface area contributed by atoms with E-state index in [0.29, 0.717) is 0 Å². The molecule has 0 aromatic carbocycles. The van der Waals surface area contributed by atoms with Gasteiger partial charge in [-0.15, -0.1) is 0 Å². The quantitative estimate of drug-likeness (QED) is 0.636. The van der Waals surface area contributed by atoms with Gasteiger partial charge in [-0.1, -0.05) is 0 Å². The number of hydrogen-bond donors (Lipinski definition) is 0. The Morgan fingerprint density at radius 2 is 1.36 bits per heavy atom. The van der Waals surface area contributed by atoms with Crippen molar-refractivity contribution in [3.8, 4) is 0 Å². The van der Waals surface area contributed by atoms with Gasteiger partial charge in [-0.05, 0) is 0 Å². The van der Waals surface area contributed by atoms with Crippen LogP contribution in [-0.2, 0) is 15.6 Å². The van der Waals surface area contributed by atoms with Gasteiger partial charge in [-0.2, -0.15) is 0 Å². The van der Waals surface area contributed by atoms with E-state index in [1.54, 1.807) is 0 Å². The first-order valence-electron chi connectivity index (χ1n) is 5.56. The summed E-state index contributed by atoms with van der Waals surface area (Å²) in [6.45, 7) is 0. The molecule has 4 aliphatic carbocycles. The van der Waals surface area contributed by atoms with Crippen LogP contribution in [0.4, 0.5) is 0 Å². The zero-order chi connectivity index (χ0) is 9.76. The number of hydrogen-bond acceptors (Lipinski definition) is 1. The van der Waals surface area contributed by atoms with Gasteiger partial charge in [0.2, 0.25) is 0 Å². The third-order valence-corrected chi connectivity index (χ3v) is 6.03. The first-order chi connectivity index (χ1) is 6.65. The Morgan fingerprint density at radius 3 is 1.71 bits per heavy atom. The molecule has 0 aromatic rings. The summed E-state index contributed by atoms with van der Waals surface area (Å²) in [4.78, 5) is 0. The van der Waals surface area contributed by atoms with Crippen molar-refractivity contribution < 1.29 is 15.6 Å². The van der Waals surface area contributed by atoms with Gasteiger partial charge in [0, 0.05) is 0 Å². The second-order valence-electron chi connectivity index (χ2n) is 5.49. The minimum absolute atomic E-state index is 0.258. The molecule has 0 spiro atoms. The summed E-state index contributed by atoms with van der Waals surface area (Å²) in [7, 11) is 12.0. The van der Waals surface area contributed by atoms with E-state index in [0.717, 1.165) is 17.8 Å². The normalized spacial score (nSPS) is 49.4. The molecule has 4 saturated carbocycles. The zero-order valence-electron chi connectivity index (χ0n) is 8.18. The summed E-state index contributed by atoms with van der Waals surface area (Å²) >= 11 is -2.01. The van der Waals surface area contributed by atoms with Gasteiger partial charge in [0.05, 0.1) is 0 Å². The molecule has 4 rings (SSSR count). The molecule has 1 nitrogen and oxygen atoms in total. The number of halogens is 2. The first kappa shape index (κ1) is 10.3. The Labute approximate surface area is 99.0 Å². The van der Waals surface area contributed by atoms with E-state index >= 15 is 0 Å². The topological polar surface area (TPSA) is 12.4 Å². The molecule has 78 valence electrons. The molecule has 4 fully saturated rings. The van der Waals surface area contributed by atoms with Crippen LogP contribution in [0.1, 0.15) is 38.5 Å². The summed E-state index contributed by atoms with van der Waals surface area (Å²) in [5.41, 5.74) is 0.258. The Morgan fingerprint density at radius 1 is 0.929 bits per heavy atom. The zero-order valence-corrected chi connectivity index (χ0v) is 11.3. The van der Waals surface area contributed by atoms with Crippen molar-refractivity contribution in [2.75, 3.05) is 0 Å². The molecule has 0 unspecified atom stereocenters. The van der Waals surface area contributed by atoms with Gasteiger partial charge in [0.1, 0.15) is 0 Å². The van der Waals surface area contributed by atoms with Gasteiger partial charge >= 0.3 is 99.4 Å². The van der Waals surface area contributed by atoms with Crippen LogP contribution in [0.2, 0.25) is 0 Å². The van der Waals surface area contributed by atoms with Crippen molar-refractivity contribution in [1.82, 2.24) is 0 Å². The molecule has 0 radical (unpaired) electrons. The van der Waals surface area contributed by atoms with Crippen LogP contribution in [-0.4, -0.2) is 5.54 Å². The van der Waals surface area contributed by atoms with Crippen molar-refractivity contribution >= 4 is 18.6 Å². The summed E-state index contributed by atoms with van der Waals surface area (Å²) in [5, 5.41) is 0. The summed E-state index contributed by atoms with van der Waals surface area (Å²) in [5.74, 6) is 2.86. The molecular weight excluding hydrogens is 253 g/mol. The van der Waals surface area contributed by atoms with E-state index in [1.807, 2.05) is 0 Å². The molecule has 0 aliphatic heterocycles. The third-order valence-electron chi connectivity index (χ3n) is 4.33. The molecule has 4 aliphatic rings. The Bertz CT molecular complexity index is 251. The van der Waals surface area contributed by atoms with Gasteiger partial charge in [0.15, 0.2) is 0 Å². The van der Waals surface area contributed by atoms with E-state index in [9.17, 15) is 0 Å². The van der Waals surface area contributed by atoms with Crippen LogP contribution in [0, 0.1) is 17.8 Å². The van der Waals surface area contributed by atoms with Crippen molar-refractivity contribution in [2.24, 2.45) is 21.2 Å². The second kappa shape index (κ2) is 3.55. The van der Waals surface area contributed by atoms with Gasteiger partial charge in [-0.3, -0.25) is 0 Å². The molecule has 0 amide bonds. The summed E-state index contributed by atoms with van der Waals surface area (Å²) in [6, 6.07) is 0. The summed E-state index contributed by atoms with van der Waals surface area (Å²) in [6.07, 6.45) is 8.30. The van der Waals surface area contributed by atoms with Crippen LogP contribution in [0.3, 0.4) is 0 Å². The Kier molecular flexibility index (Phi) is 2.60. The molecule has 14 heavy (non-hydrogen) atoms. The third kappa shape index (κ3) is 1.75. The fourth-order valence-electron chi connectivity index (χ4n) is 4.38. The average Bonchev–Trinajstić information content (AvgIpc) is 1.96. The van der Waals surface area contributed by atoms with E-state index in [2.05, 4.69) is 0 Å². The van der Waals surface area contributed by atoms with Crippen molar-refractivity contribution in [1.29, 1.82) is 0 Å². The monoisotopic (exact) mass is 267 g/mol. The van der Waals surface area contributed by atoms with E-state index in [-0.39, 0.29) is 5.54 Å². The molecule has 0 aromatic heterocycles. The van der Waals surface area contributed by atoms with Crippen LogP contribution in [0.5, 0.6) is 0 Å². The van der Waals surface area contributed by atoms with Crippen molar-refractivity contribution in [2.45, 2.75) is 44.1 Å². The fourth-order valence-corrected chi connectivity index (χ4v) is 6.85. The summed E-state index contributed by atoms with van der Waals surface area (Å²) < 4.78 is 4.77. The second-order valence-corrected chi connectivity index (χ2v) is 10.3. The van der Waals surface area contributed by atoms with Crippen LogP contribution < -0.4 is 0 Å². The SMILES string of the molecule is [Cl][Ti]([Cl])=[N]C12CC3CC(CC(C3)C1)C2. The Hall–Kier alpha value is 1.09.